The lowest BCUT2D eigenvalue weighted by Crippen LogP contribution is -2.54. The number of ether oxygens (including phenoxy) is 1. The summed E-state index contributed by atoms with van der Waals surface area (Å²) in [5, 5.41) is 18.0. The Labute approximate surface area is 176 Å². The first-order valence-electron chi connectivity index (χ1n) is 9.96. The number of piperazine rings is 1. The van der Waals surface area contributed by atoms with E-state index in [1.54, 1.807) is 24.1 Å². The van der Waals surface area contributed by atoms with E-state index in [0.29, 0.717) is 38.3 Å². The number of amides is 3. The molecule has 0 spiro atoms. The van der Waals surface area contributed by atoms with E-state index in [1.807, 2.05) is 36.4 Å². The summed E-state index contributed by atoms with van der Waals surface area (Å²) < 4.78 is 5.12. The number of nitrogens with one attached hydrogen (secondary N) is 3. The Morgan fingerprint density at radius 1 is 1.13 bits per heavy atom. The minimum atomic E-state index is -0.300. The average Bonchev–Trinajstić information content (AvgIpc) is 2.79. The van der Waals surface area contributed by atoms with Crippen LogP contribution in [-0.2, 0) is 17.8 Å². The smallest absolute Gasteiger partial charge is 0.319 e. The van der Waals surface area contributed by atoms with Gasteiger partial charge in [-0.1, -0.05) is 24.3 Å². The largest absolute Gasteiger partial charge is 0.497 e. The second-order valence-corrected chi connectivity index (χ2v) is 7.20. The van der Waals surface area contributed by atoms with Crippen molar-refractivity contribution in [2.45, 2.75) is 19.0 Å². The van der Waals surface area contributed by atoms with E-state index in [2.05, 4.69) is 16.0 Å². The zero-order valence-electron chi connectivity index (χ0n) is 17.1. The lowest BCUT2D eigenvalue weighted by atomic mass is 10.1. The third-order valence-electron chi connectivity index (χ3n) is 5.01. The van der Waals surface area contributed by atoms with Crippen LogP contribution < -0.4 is 20.7 Å². The lowest BCUT2D eigenvalue weighted by molar-refractivity contribution is -0.131. The Bertz CT molecular complexity index is 839. The van der Waals surface area contributed by atoms with Gasteiger partial charge in [0.15, 0.2) is 0 Å². The molecular formula is C22H28N4O4. The van der Waals surface area contributed by atoms with Crippen molar-refractivity contribution >= 4 is 17.6 Å². The van der Waals surface area contributed by atoms with Crippen molar-refractivity contribution in [1.82, 2.24) is 15.5 Å². The van der Waals surface area contributed by atoms with Gasteiger partial charge in [0.1, 0.15) is 5.75 Å². The van der Waals surface area contributed by atoms with Gasteiger partial charge in [-0.05, 0) is 35.4 Å². The maximum Gasteiger partial charge on any atom is 0.319 e. The van der Waals surface area contributed by atoms with Crippen LogP contribution in [0, 0.1) is 0 Å². The van der Waals surface area contributed by atoms with Crippen molar-refractivity contribution in [3.63, 3.8) is 0 Å². The summed E-state index contributed by atoms with van der Waals surface area (Å²) in [5.41, 5.74) is 2.50. The van der Waals surface area contributed by atoms with Crippen LogP contribution >= 0.6 is 0 Å². The number of rotatable bonds is 7. The highest BCUT2D eigenvalue weighted by Crippen LogP contribution is 2.13. The third-order valence-corrected chi connectivity index (χ3v) is 5.01. The average molecular weight is 412 g/mol. The van der Waals surface area contributed by atoms with Crippen LogP contribution in [0.3, 0.4) is 0 Å². The molecule has 0 aromatic heterocycles. The van der Waals surface area contributed by atoms with E-state index in [9.17, 15) is 14.7 Å². The number of hydrogen-bond acceptors (Lipinski definition) is 5. The van der Waals surface area contributed by atoms with Gasteiger partial charge in [0.25, 0.3) is 0 Å². The molecule has 1 fully saturated rings. The van der Waals surface area contributed by atoms with Crippen LogP contribution in [0.25, 0.3) is 0 Å². The minimum absolute atomic E-state index is 0.0185. The molecule has 1 aliphatic heterocycles. The quantitative estimate of drug-likeness (QED) is 0.550. The number of carbonyl (C=O) groups excluding carboxylic acids is 2. The van der Waals surface area contributed by atoms with Crippen molar-refractivity contribution in [2.24, 2.45) is 0 Å². The molecule has 0 bridgehead atoms. The Hall–Kier alpha value is -3.10. The fourth-order valence-electron chi connectivity index (χ4n) is 3.27. The van der Waals surface area contributed by atoms with E-state index in [0.717, 1.165) is 16.9 Å². The van der Waals surface area contributed by atoms with Crippen LogP contribution in [-0.4, -0.2) is 61.3 Å². The fourth-order valence-corrected chi connectivity index (χ4v) is 3.27. The minimum Gasteiger partial charge on any atom is -0.497 e. The highest BCUT2D eigenvalue weighted by molar-refractivity contribution is 5.89. The summed E-state index contributed by atoms with van der Waals surface area (Å²) in [5.74, 6) is 0.805. The summed E-state index contributed by atoms with van der Waals surface area (Å²) in [6, 6.07) is 14.4. The van der Waals surface area contributed by atoms with E-state index < -0.39 is 0 Å². The normalized spacial score (nSPS) is 16.1. The maximum atomic E-state index is 12.5. The summed E-state index contributed by atoms with van der Waals surface area (Å²) in [6.45, 7) is 2.27. The highest BCUT2D eigenvalue weighted by atomic mass is 16.5. The van der Waals surface area contributed by atoms with Crippen molar-refractivity contribution < 1.29 is 19.4 Å². The number of aliphatic hydroxyl groups is 1. The molecular weight excluding hydrogens is 384 g/mol. The molecule has 2 aromatic carbocycles. The van der Waals surface area contributed by atoms with Gasteiger partial charge < -0.3 is 30.7 Å². The SMILES string of the molecule is COc1ccc(CNC(=O)Nc2ccc(CC(=O)N3CCN[C@H](CO)C3)cc2)cc1. The summed E-state index contributed by atoms with van der Waals surface area (Å²) in [6.07, 6.45) is 0.294. The molecule has 0 aliphatic carbocycles. The number of benzene rings is 2. The molecule has 8 heteroatoms. The predicted molar refractivity (Wildman–Crippen MR) is 114 cm³/mol. The Balaban J connectivity index is 1.45. The molecule has 1 atom stereocenters. The second kappa shape index (κ2) is 10.6. The molecule has 0 saturated carbocycles. The molecule has 160 valence electrons. The van der Waals surface area contributed by atoms with Gasteiger partial charge in [0.05, 0.1) is 20.1 Å². The van der Waals surface area contributed by atoms with Crippen molar-refractivity contribution in [3.8, 4) is 5.75 Å². The van der Waals surface area contributed by atoms with Gasteiger partial charge in [-0.2, -0.15) is 0 Å². The molecule has 2 aromatic rings. The van der Waals surface area contributed by atoms with Crippen molar-refractivity contribution in [2.75, 3.05) is 38.7 Å². The summed E-state index contributed by atoms with van der Waals surface area (Å²) >= 11 is 0. The number of urea groups is 1. The number of hydrogen-bond donors (Lipinski definition) is 4. The number of anilines is 1. The van der Waals surface area contributed by atoms with Crippen LogP contribution in [0.4, 0.5) is 10.5 Å². The van der Waals surface area contributed by atoms with Crippen molar-refractivity contribution in [3.05, 3.63) is 59.7 Å². The topological polar surface area (TPSA) is 103 Å². The number of carbonyl (C=O) groups is 2. The molecule has 8 nitrogen and oxygen atoms in total. The third kappa shape index (κ3) is 6.20. The molecule has 1 heterocycles. The number of nitrogens with zero attached hydrogens (tertiary/aromatic N) is 1. The molecule has 1 aliphatic rings. The van der Waals surface area contributed by atoms with E-state index in [1.165, 1.54) is 0 Å². The van der Waals surface area contributed by atoms with Crippen molar-refractivity contribution in [1.29, 1.82) is 0 Å². The van der Waals surface area contributed by atoms with Crippen LogP contribution in [0.15, 0.2) is 48.5 Å². The molecule has 1 saturated heterocycles. The number of methoxy groups -OCH3 is 1. The van der Waals surface area contributed by atoms with Gasteiger partial charge in [0.2, 0.25) is 5.91 Å². The summed E-state index contributed by atoms with van der Waals surface area (Å²) in [4.78, 5) is 26.4. The van der Waals surface area contributed by atoms with Crippen LogP contribution in [0.5, 0.6) is 5.75 Å². The van der Waals surface area contributed by atoms with Gasteiger partial charge >= 0.3 is 6.03 Å². The Kier molecular flexibility index (Phi) is 7.64. The van der Waals surface area contributed by atoms with Gasteiger partial charge in [-0.25, -0.2) is 4.79 Å². The predicted octanol–water partition coefficient (Wildman–Crippen LogP) is 1.35. The van der Waals surface area contributed by atoms with E-state index >= 15 is 0 Å². The molecule has 4 N–H and O–H groups in total. The summed E-state index contributed by atoms with van der Waals surface area (Å²) in [7, 11) is 1.61. The highest BCUT2D eigenvalue weighted by Gasteiger charge is 2.22. The van der Waals surface area contributed by atoms with Crippen LogP contribution in [0.2, 0.25) is 0 Å². The second-order valence-electron chi connectivity index (χ2n) is 7.20. The monoisotopic (exact) mass is 412 g/mol. The fraction of sp³-hybridized carbons (Fsp3) is 0.364. The molecule has 30 heavy (non-hydrogen) atoms. The lowest BCUT2D eigenvalue weighted by Gasteiger charge is -2.32. The first-order valence-corrected chi connectivity index (χ1v) is 9.96. The molecule has 0 radical (unpaired) electrons. The Morgan fingerprint density at radius 3 is 2.50 bits per heavy atom. The van der Waals surface area contributed by atoms with Gasteiger partial charge in [-0.15, -0.1) is 0 Å². The Morgan fingerprint density at radius 2 is 1.83 bits per heavy atom. The van der Waals surface area contributed by atoms with Gasteiger partial charge in [0, 0.05) is 37.9 Å². The standard InChI is InChI=1S/C22H28N4O4/c1-30-20-8-4-17(5-9-20)13-24-22(29)25-18-6-2-16(3-7-18)12-21(28)26-11-10-23-19(14-26)15-27/h2-9,19,23,27H,10-15H2,1H3,(H2,24,25,29)/t19-/m0/s1. The zero-order chi connectivity index (χ0) is 21.3. The molecule has 3 amide bonds. The van der Waals surface area contributed by atoms with E-state index in [4.69, 9.17) is 4.74 Å². The van der Waals surface area contributed by atoms with Crippen LogP contribution in [0.1, 0.15) is 11.1 Å². The molecule has 0 unspecified atom stereocenters. The van der Waals surface area contributed by atoms with E-state index in [-0.39, 0.29) is 24.6 Å². The first kappa shape index (κ1) is 21.6. The molecule has 3 rings (SSSR count). The number of aliphatic hydroxyl groups excluding tert-OH is 1. The van der Waals surface area contributed by atoms with Gasteiger partial charge in [-0.3, -0.25) is 4.79 Å². The first-order chi connectivity index (χ1) is 14.6. The zero-order valence-corrected chi connectivity index (χ0v) is 17.1. The maximum absolute atomic E-state index is 12.5.